The zero-order valence-electron chi connectivity index (χ0n) is 23.1. The smallest absolute Gasteiger partial charge is 0.271 e. The highest BCUT2D eigenvalue weighted by molar-refractivity contribution is 7.91. The van der Waals surface area contributed by atoms with Gasteiger partial charge in [0.15, 0.2) is 0 Å². The molecule has 212 valence electrons. The molecule has 2 aromatic carbocycles. The average Bonchev–Trinajstić information content (AvgIpc) is 3.60. The van der Waals surface area contributed by atoms with Gasteiger partial charge in [0.2, 0.25) is 0 Å². The van der Waals surface area contributed by atoms with Gasteiger partial charge in [0.1, 0.15) is 9.90 Å². The number of thiophene rings is 1. The normalized spacial score (nSPS) is 19.4. The highest BCUT2D eigenvalue weighted by atomic mass is 32.2. The molecule has 1 aliphatic rings. The molecule has 0 aliphatic carbocycles. The average molecular weight is 582 g/mol. The second-order valence-corrected chi connectivity index (χ2v) is 13.7. The van der Waals surface area contributed by atoms with Crippen LogP contribution >= 0.6 is 11.3 Å². The summed E-state index contributed by atoms with van der Waals surface area (Å²) < 4.78 is 36.5. The lowest BCUT2D eigenvalue weighted by Gasteiger charge is -2.34. The molecule has 3 heterocycles. The number of ether oxygens (including phenoxy) is 1. The summed E-state index contributed by atoms with van der Waals surface area (Å²) in [4.78, 5) is 16.1. The molecule has 40 heavy (non-hydrogen) atoms. The number of rotatable bonds is 6. The van der Waals surface area contributed by atoms with Crippen molar-refractivity contribution in [1.29, 1.82) is 0 Å². The zero-order valence-corrected chi connectivity index (χ0v) is 24.8. The third-order valence-corrected chi connectivity index (χ3v) is 11.0. The maximum atomic E-state index is 14.4. The van der Waals surface area contributed by atoms with Gasteiger partial charge >= 0.3 is 0 Å². The van der Waals surface area contributed by atoms with Crippen molar-refractivity contribution in [3.05, 3.63) is 77.3 Å². The molecule has 10 heteroatoms. The first-order valence-corrected chi connectivity index (χ1v) is 15.7. The fraction of sp³-hybridized carbons (Fsp3) is 0.367. The van der Waals surface area contributed by atoms with E-state index in [2.05, 4.69) is 0 Å². The van der Waals surface area contributed by atoms with E-state index in [1.54, 1.807) is 29.5 Å². The third kappa shape index (κ3) is 5.10. The lowest BCUT2D eigenvalue weighted by atomic mass is 9.96. The van der Waals surface area contributed by atoms with Crippen molar-refractivity contribution in [1.82, 2.24) is 13.8 Å². The topological polar surface area (TPSA) is 92.1 Å². The number of para-hydroxylation sites is 1. The Morgan fingerprint density at radius 1 is 1.12 bits per heavy atom. The molecular weight excluding hydrogens is 546 g/mol. The van der Waals surface area contributed by atoms with Crippen LogP contribution < -0.4 is 0 Å². The highest BCUT2D eigenvalue weighted by Crippen LogP contribution is 2.38. The Labute approximate surface area is 239 Å². The van der Waals surface area contributed by atoms with Gasteiger partial charge in [-0.1, -0.05) is 55.5 Å². The molecule has 0 saturated heterocycles. The van der Waals surface area contributed by atoms with Crippen molar-refractivity contribution in [2.24, 2.45) is 13.0 Å². The molecule has 0 unspecified atom stereocenters. The number of carbonyl (C=O) groups excluding carboxylic acids is 1. The Hall–Kier alpha value is -3.02. The maximum Gasteiger partial charge on any atom is 0.271 e. The van der Waals surface area contributed by atoms with Gasteiger partial charge in [-0.05, 0) is 35.6 Å². The molecule has 0 radical (unpaired) electrons. The molecule has 0 bridgehead atoms. The van der Waals surface area contributed by atoms with Crippen LogP contribution in [0.1, 0.15) is 29.9 Å². The predicted octanol–water partition coefficient (Wildman–Crippen LogP) is 4.59. The molecule has 5 rings (SSSR count). The van der Waals surface area contributed by atoms with Crippen LogP contribution in [0.5, 0.6) is 0 Å². The minimum Gasteiger partial charge on any atom is -0.394 e. The number of aliphatic hydroxyl groups is 1. The van der Waals surface area contributed by atoms with E-state index in [-0.39, 0.29) is 42.3 Å². The van der Waals surface area contributed by atoms with E-state index < -0.39 is 22.2 Å². The minimum absolute atomic E-state index is 0.120. The zero-order chi connectivity index (χ0) is 28.6. The number of fused-ring (bicyclic) bond motifs is 5. The van der Waals surface area contributed by atoms with E-state index in [1.807, 2.05) is 74.0 Å². The summed E-state index contributed by atoms with van der Waals surface area (Å²) in [5.41, 5.74) is 4.14. The Bertz CT molecular complexity index is 1610. The van der Waals surface area contributed by atoms with Gasteiger partial charge in [-0.2, -0.15) is 4.31 Å². The SMILES string of the molecule is C[C@@H]1CN([C@@H](C)CO)C(=O)c2c(c3ccccc3n2C)-c2ccccc2CO[C@@H]1CN(C)S(=O)(=O)c1cccs1. The van der Waals surface area contributed by atoms with Crippen LogP contribution in [0.3, 0.4) is 0 Å². The van der Waals surface area contributed by atoms with Gasteiger partial charge in [0, 0.05) is 49.6 Å². The van der Waals surface area contributed by atoms with Crippen LogP contribution in [0.4, 0.5) is 0 Å². The number of aliphatic hydroxyl groups excluding tert-OH is 1. The number of benzene rings is 2. The third-order valence-electron chi connectivity index (χ3n) is 7.82. The maximum absolute atomic E-state index is 14.4. The second kappa shape index (κ2) is 11.5. The van der Waals surface area contributed by atoms with Crippen molar-refractivity contribution >= 4 is 38.2 Å². The van der Waals surface area contributed by atoms with Crippen LogP contribution in [0, 0.1) is 5.92 Å². The minimum atomic E-state index is -3.69. The molecule has 1 N–H and O–H groups in total. The number of aryl methyl sites for hydroxylation is 1. The Balaban J connectivity index is 1.63. The summed E-state index contributed by atoms with van der Waals surface area (Å²) in [7, 11) is -0.226. The highest BCUT2D eigenvalue weighted by Gasteiger charge is 2.35. The summed E-state index contributed by atoms with van der Waals surface area (Å²) in [5, 5.41) is 12.9. The van der Waals surface area contributed by atoms with Gasteiger partial charge in [0.25, 0.3) is 15.9 Å². The first kappa shape index (κ1) is 28.5. The molecule has 4 aromatic rings. The van der Waals surface area contributed by atoms with Crippen LogP contribution in [-0.2, 0) is 28.4 Å². The molecule has 2 aromatic heterocycles. The van der Waals surface area contributed by atoms with Crippen LogP contribution in [0.15, 0.2) is 70.3 Å². The van der Waals surface area contributed by atoms with E-state index in [0.29, 0.717) is 5.69 Å². The van der Waals surface area contributed by atoms with E-state index >= 15 is 0 Å². The summed E-state index contributed by atoms with van der Waals surface area (Å²) in [6.07, 6.45) is -0.507. The van der Waals surface area contributed by atoms with Crippen LogP contribution in [0.25, 0.3) is 22.0 Å². The van der Waals surface area contributed by atoms with E-state index in [4.69, 9.17) is 4.74 Å². The van der Waals surface area contributed by atoms with Crippen LogP contribution in [0.2, 0.25) is 0 Å². The van der Waals surface area contributed by atoms with Gasteiger partial charge in [-0.3, -0.25) is 4.79 Å². The Kier molecular flexibility index (Phi) is 8.17. The number of likely N-dealkylation sites (N-methyl/N-ethyl adjacent to an activating group) is 1. The number of hydrogen-bond donors (Lipinski definition) is 1. The fourth-order valence-corrected chi connectivity index (χ4v) is 7.82. The van der Waals surface area contributed by atoms with Crippen molar-refractivity contribution in [3.63, 3.8) is 0 Å². The Morgan fingerprint density at radius 3 is 2.58 bits per heavy atom. The van der Waals surface area contributed by atoms with Crippen molar-refractivity contribution in [3.8, 4) is 11.1 Å². The molecule has 8 nitrogen and oxygen atoms in total. The molecule has 1 amide bonds. The molecule has 0 spiro atoms. The van der Waals surface area contributed by atoms with Gasteiger partial charge in [-0.25, -0.2) is 8.42 Å². The van der Waals surface area contributed by atoms with E-state index in [9.17, 15) is 18.3 Å². The lowest BCUT2D eigenvalue weighted by molar-refractivity contribution is -0.0147. The number of amides is 1. The van der Waals surface area contributed by atoms with E-state index in [1.165, 1.54) is 15.6 Å². The summed E-state index contributed by atoms with van der Waals surface area (Å²) in [5.74, 6) is -0.417. The van der Waals surface area contributed by atoms with Gasteiger partial charge < -0.3 is 19.3 Å². The predicted molar refractivity (Wildman–Crippen MR) is 158 cm³/mol. The summed E-state index contributed by atoms with van der Waals surface area (Å²) in [6.45, 7) is 4.25. The number of sulfonamides is 1. The van der Waals surface area contributed by atoms with Gasteiger partial charge in [-0.15, -0.1) is 11.3 Å². The van der Waals surface area contributed by atoms with Crippen molar-refractivity contribution < 1.29 is 23.1 Å². The van der Waals surface area contributed by atoms with Crippen molar-refractivity contribution in [2.75, 3.05) is 26.7 Å². The molecule has 3 atom stereocenters. The largest absolute Gasteiger partial charge is 0.394 e. The Morgan fingerprint density at radius 2 is 1.85 bits per heavy atom. The first-order valence-electron chi connectivity index (χ1n) is 13.3. The molecule has 1 aliphatic heterocycles. The summed E-state index contributed by atoms with van der Waals surface area (Å²) >= 11 is 1.18. The quantitative estimate of drug-likeness (QED) is 0.360. The molecular formula is C30H35N3O5S2. The lowest BCUT2D eigenvalue weighted by Crippen LogP contribution is -2.48. The number of aromatic nitrogens is 1. The standard InChI is InChI=1S/C30H35N3O5S2/c1-20-16-33(21(2)18-34)30(35)29-28(24-12-7-8-13-25(24)32(29)4)23-11-6-5-10-22(23)19-38-26(20)17-31(3)40(36,37)27-14-9-15-39-27/h5-15,20-21,26,34H,16-19H2,1-4H3/t20-,21+,26-/m1/s1. The number of nitrogens with zero attached hydrogens (tertiary/aromatic N) is 3. The fourth-order valence-electron chi connectivity index (χ4n) is 5.44. The van der Waals surface area contributed by atoms with Gasteiger partial charge in [0.05, 0.1) is 25.4 Å². The molecule has 0 saturated carbocycles. The molecule has 0 fully saturated rings. The van der Waals surface area contributed by atoms with Crippen molar-refractivity contribution in [2.45, 2.75) is 36.8 Å². The van der Waals surface area contributed by atoms with Crippen LogP contribution in [-0.4, -0.2) is 72.1 Å². The first-order chi connectivity index (χ1) is 19.1. The number of carbonyl (C=O) groups is 1. The monoisotopic (exact) mass is 581 g/mol. The summed E-state index contributed by atoms with van der Waals surface area (Å²) in [6, 6.07) is 18.7. The van der Waals surface area contributed by atoms with E-state index in [0.717, 1.165) is 27.6 Å². The second-order valence-electron chi connectivity index (χ2n) is 10.5. The number of hydrogen-bond acceptors (Lipinski definition) is 6.